The van der Waals surface area contributed by atoms with Crippen LogP contribution in [0.15, 0.2) is 12.1 Å². The average Bonchev–Trinajstić information content (AvgIpc) is 2.22. The molecule has 0 unspecified atom stereocenters. The molecule has 4 heteroatoms. The fraction of sp³-hybridized carbons (Fsp3) is 0.455. The molecule has 0 spiro atoms. The van der Waals surface area contributed by atoms with E-state index in [1.54, 1.807) is 0 Å². The summed E-state index contributed by atoms with van der Waals surface area (Å²) in [5.41, 5.74) is 0.366. The Hall–Kier alpha value is -1.00. The van der Waals surface area contributed by atoms with E-state index in [1.165, 1.54) is 19.2 Å². The highest BCUT2D eigenvalue weighted by molar-refractivity contribution is 5.27. The van der Waals surface area contributed by atoms with Gasteiger partial charge in [0.15, 0.2) is 0 Å². The Balaban J connectivity index is 2.95. The SMILES string of the molecule is COCc1ccc(F)c(CCCO)c1F. The van der Waals surface area contributed by atoms with Crippen LogP contribution in [0.1, 0.15) is 17.5 Å². The summed E-state index contributed by atoms with van der Waals surface area (Å²) in [6, 6.07) is 2.60. The molecule has 84 valence electrons. The minimum atomic E-state index is -0.569. The Kier molecular flexibility index (Phi) is 4.65. The van der Waals surface area contributed by atoms with Gasteiger partial charge in [-0.05, 0) is 18.9 Å². The van der Waals surface area contributed by atoms with Gasteiger partial charge in [0.05, 0.1) is 6.61 Å². The lowest BCUT2D eigenvalue weighted by Gasteiger charge is -2.08. The van der Waals surface area contributed by atoms with E-state index in [0.29, 0.717) is 12.0 Å². The minimum absolute atomic E-state index is 0.0265. The molecule has 0 atom stereocenters. The van der Waals surface area contributed by atoms with Crippen LogP contribution in [0.2, 0.25) is 0 Å². The maximum absolute atomic E-state index is 13.6. The third kappa shape index (κ3) is 2.97. The van der Waals surface area contributed by atoms with Crippen LogP contribution in [0.4, 0.5) is 8.78 Å². The van der Waals surface area contributed by atoms with Crippen LogP contribution in [0.25, 0.3) is 0 Å². The van der Waals surface area contributed by atoms with Crippen molar-refractivity contribution in [2.75, 3.05) is 13.7 Å². The Morgan fingerprint density at radius 1 is 1.33 bits per heavy atom. The first-order chi connectivity index (χ1) is 7.20. The smallest absolute Gasteiger partial charge is 0.134 e. The fourth-order valence-electron chi connectivity index (χ4n) is 1.40. The van der Waals surface area contributed by atoms with Crippen LogP contribution in [0.3, 0.4) is 0 Å². The first kappa shape index (κ1) is 12.1. The number of hydrogen-bond donors (Lipinski definition) is 1. The topological polar surface area (TPSA) is 29.5 Å². The monoisotopic (exact) mass is 216 g/mol. The van der Waals surface area contributed by atoms with Gasteiger partial charge in [-0.25, -0.2) is 8.78 Å². The lowest BCUT2D eigenvalue weighted by atomic mass is 10.0. The van der Waals surface area contributed by atoms with Crippen LogP contribution in [0.5, 0.6) is 0 Å². The number of ether oxygens (including phenoxy) is 1. The fourth-order valence-corrected chi connectivity index (χ4v) is 1.40. The van der Waals surface area contributed by atoms with E-state index < -0.39 is 11.6 Å². The second-order valence-corrected chi connectivity index (χ2v) is 3.26. The molecule has 0 saturated heterocycles. The highest BCUT2D eigenvalue weighted by Crippen LogP contribution is 2.19. The van der Waals surface area contributed by atoms with Gasteiger partial charge < -0.3 is 9.84 Å². The lowest BCUT2D eigenvalue weighted by Crippen LogP contribution is -2.03. The highest BCUT2D eigenvalue weighted by atomic mass is 19.1. The largest absolute Gasteiger partial charge is 0.396 e. The van der Waals surface area contributed by atoms with Gasteiger partial charge in [-0.3, -0.25) is 0 Å². The summed E-state index contributed by atoms with van der Waals surface area (Å²) in [7, 11) is 1.45. The zero-order valence-corrected chi connectivity index (χ0v) is 8.59. The van der Waals surface area contributed by atoms with Crippen molar-refractivity contribution in [3.05, 3.63) is 34.9 Å². The van der Waals surface area contributed by atoms with Gasteiger partial charge in [0.1, 0.15) is 11.6 Å². The average molecular weight is 216 g/mol. The molecule has 1 N–H and O–H groups in total. The van der Waals surface area contributed by atoms with E-state index in [9.17, 15) is 8.78 Å². The first-order valence-corrected chi connectivity index (χ1v) is 4.76. The molecule has 0 aliphatic carbocycles. The van der Waals surface area contributed by atoms with Crippen molar-refractivity contribution in [1.29, 1.82) is 0 Å². The molecule has 0 radical (unpaired) electrons. The summed E-state index contributed by atoms with van der Waals surface area (Å²) < 4.78 is 31.7. The molecule has 0 heterocycles. The van der Waals surface area contributed by atoms with Crippen molar-refractivity contribution in [2.45, 2.75) is 19.4 Å². The van der Waals surface area contributed by atoms with Crippen LogP contribution in [-0.2, 0) is 17.8 Å². The molecule has 0 aromatic heterocycles. The second kappa shape index (κ2) is 5.78. The van der Waals surface area contributed by atoms with Crippen molar-refractivity contribution in [2.24, 2.45) is 0 Å². The van der Waals surface area contributed by atoms with Crippen molar-refractivity contribution in [3.63, 3.8) is 0 Å². The van der Waals surface area contributed by atoms with E-state index in [1.807, 2.05) is 0 Å². The molecular formula is C11H14F2O2. The number of benzene rings is 1. The summed E-state index contributed by atoms with van der Waals surface area (Å²) in [6.07, 6.45) is 0.552. The molecule has 0 saturated carbocycles. The van der Waals surface area contributed by atoms with Gasteiger partial charge in [0, 0.05) is 24.8 Å². The first-order valence-electron chi connectivity index (χ1n) is 4.76. The van der Waals surface area contributed by atoms with E-state index in [2.05, 4.69) is 0 Å². The molecule has 0 amide bonds. The summed E-state index contributed by atoms with van der Waals surface area (Å²) >= 11 is 0. The maximum Gasteiger partial charge on any atom is 0.134 e. The molecule has 1 aromatic rings. The van der Waals surface area contributed by atoms with E-state index in [-0.39, 0.29) is 25.2 Å². The van der Waals surface area contributed by atoms with Crippen LogP contribution in [-0.4, -0.2) is 18.8 Å². The predicted molar refractivity (Wildman–Crippen MR) is 52.5 cm³/mol. The number of methoxy groups -OCH3 is 1. The number of halogens is 2. The zero-order valence-electron chi connectivity index (χ0n) is 8.59. The zero-order chi connectivity index (χ0) is 11.3. The minimum Gasteiger partial charge on any atom is -0.396 e. The molecule has 0 fully saturated rings. The number of hydrogen-bond acceptors (Lipinski definition) is 2. The van der Waals surface area contributed by atoms with Crippen molar-refractivity contribution in [3.8, 4) is 0 Å². The summed E-state index contributed by atoms with van der Waals surface area (Å²) in [6.45, 7) is 0.0472. The molecule has 0 aliphatic rings. The molecular weight excluding hydrogens is 202 g/mol. The van der Waals surface area contributed by atoms with E-state index in [4.69, 9.17) is 9.84 Å². The molecule has 2 nitrogen and oxygen atoms in total. The van der Waals surface area contributed by atoms with E-state index >= 15 is 0 Å². The summed E-state index contributed by atoms with van der Waals surface area (Å²) in [4.78, 5) is 0. The standard InChI is InChI=1S/C11H14F2O2/c1-15-7-8-4-5-10(12)9(11(8)13)3-2-6-14/h4-5,14H,2-3,6-7H2,1H3. The number of aliphatic hydroxyl groups excluding tert-OH is 1. The van der Waals surface area contributed by atoms with Gasteiger partial charge in [-0.2, -0.15) is 0 Å². The van der Waals surface area contributed by atoms with Crippen molar-refractivity contribution < 1.29 is 18.6 Å². The Morgan fingerprint density at radius 3 is 2.67 bits per heavy atom. The van der Waals surface area contributed by atoms with Crippen LogP contribution in [0, 0.1) is 11.6 Å². The molecule has 1 rings (SSSR count). The number of aliphatic hydroxyl groups is 1. The Labute approximate surface area is 87.5 Å². The van der Waals surface area contributed by atoms with Gasteiger partial charge >= 0.3 is 0 Å². The highest BCUT2D eigenvalue weighted by Gasteiger charge is 2.12. The molecule has 1 aromatic carbocycles. The second-order valence-electron chi connectivity index (χ2n) is 3.26. The maximum atomic E-state index is 13.6. The van der Waals surface area contributed by atoms with Gasteiger partial charge in [-0.15, -0.1) is 0 Å². The van der Waals surface area contributed by atoms with Gasteiger partial charge in [-0.1, -0.05) is 6.07 Å². The van der Waals surface area contributed by atoms with Crippen LogP contribution >= 0.6 is 0 Å². The van der Waals surface area contributed by atoms with Crippen LogP contribution < -0.4 is 0 Å². The molecule has 0 bridgehead atoms. The van der Waals surface area contributed by atoms with Crippen molar-refractivity contribution >= 4 is 0 Å². The quantitative estimate of drug-likeness (QED) is 0.816. The summed E-state index contributed by atoms with van der Waals surface area (Å²) in [5.74, 6) is -1.13. The Bertz CT molecular complexity index is 327. The van der Waals surface area contributed by atoms with Gasteiger partial charge in [0.2, 0.25) is 0 Å². The van der Waals surface area contributed by atoms with Crippen molar-refractivity contribution in [1.82, 2.24) is 0 Å². The van der Waals surface area contributed by atoms with E-state index in [0.717, 1.165) is 0 Å². The van der Waals surface area contributed by atoms with Gasteiger partial charge in [0.25, 0.3) is 0 Å². The summed E-state index contributed by atoms with van der Waals surface area (Å²) in [5, 5.41) is 8.61. The Morgan fingerprint density at radius 2 is 2.07 bits per heavy atom. The molecule has 15 heavy (non-hydrogen) atoms. The normalized spacial score (nSPS) is 10.7. The predicted octanol–water partition coefficient (Wildman–Crippen LogP) is 2.04. The molecule has 0 aliphatic heterocycles. The number of rotatable bonds is 5. The third-order valence-electron chi connectivity index (χ3n) is 2.15. The lowest BCUT2D eigenvalue weighted by molar-refractivity contribution is 0.181. The third-order valence-corrected chi connectivity index (χ3v) is 2.15.